The first-order valence-corrected chi connectivity index (χ1v) is 7.38. The van der Waals surface area contributed by atoms with E-state index in [1.165, 1.54) is 0 Å². The molecule has 1 atom stereocenters. The van der Waals surface area contributed by atoms with Crippen molar-refractivity contribution in [3.05, 3.63) is 46.0 Å². The molecule has 0 spiro atoms. The van der Waals surface area contributed by atoms with Crippen molar-refractivity contribution in [2.24, 2.45) is 0 Å². The Morgan fingerprint density at radius 2 is 1.89 bits per heavy atom. The van der Waals surface area contributed by atoms with E-state index in [4.69, 9.17) is 23.2 Å². The molecule has 1 fully saturated rings. The fourth-order valence-electron chi connectivity index (χ4n) is 2.57. The van der Waals surface area contributed by atoms with E-state index in [9.17, 15) is 0 Å². The molecule has 1 aromatic carbocycles. The molecule has 0 saturated carbocycles. The van der Waals surface area contributed by atoms with Crippen molar-refractivity contribution in [2.45, 2.75) is 19.4 Å². The van der Waals surface area contributed by atoms with Crippen molar-refractivity contribution in [2.75, 3.05) is 26.2 Å². The second kappa shape index (κ2) is 6.76. The zero-order valence-corrected chi connectivity index (χ0v) is 12.8. The largest absolute Gasteiger partial charge is 0.314 e. The molecule has 4 heteroatoms. The Kier molecular flexibility index (Phi) is 5.28. The van der Waals surface area contributed by atoms with Gasteiger partial charge in [0.1, 0.15) is 0 Å². The van der Waals surface area contributed by atoms with E-state index in [-0.39, 0.29) is 6.04 Å². The average Bonchev–Trinajstić information content (AvgIpc) is 2.38. The Balaban J connectivity index is 2.33. The molecule has 2 nitrogen and oxygen atoms in total. The normalized spacial score (nSPS) is 18.3. The lowest BCUT2D eigenvalue weighted by molar-refractivity contribution is 0.172. The number of benzene rings is 1. The van der Waals surface area contributed by atoms with Crippen LogP contribution in [0, 0.1) is 0 Å². The monoisotopic (exact) mass is 298 g/mol. The van der Waals surface area contributed by atoms with Crippen molar-refractivity contribution in [1.82, 2.24) is 10.2 Å². The van der Waals surface area contributed by atoms with Crippen LogP contribution in [0.15, 0.2) is 30.4 Å². The molecule has 1 heterocycles. The fraction of sp³-hybridized carbons (Fsp3) is 0.467. The van der Waals surface area contributed by atoms with Gasteiger partial charge < -0.3 is 5.32 Å². The third kappa shape index (κ3) is 3.73. The number of hydrogen-bond acceptors (Lipinski definition) is 2. The molecule has 1 aromatic rings. The average molecular weight is 299 g/mol. The number of nitrogens with zero attached hydrogens (tertiary/aromatic N) is 1. The summed E-state index contributed by atoms with van der Waals surface area (Å²) in [6.45, 7) is 10.1. The predicted molar refractivity (Wildman–Crippen MR) is 83.1 cm³/mol. The molecular weight excluding hydrogens is 279 g/mol. The maximum Gasteiger partial charge on any atom is 0.0468 e. The van der Waals surface area contributed by atoms with Crippen molar-refractivity contribution in [1.29, 1.82) is 0 Å². The Bertz CT molecular complexity index is 433. The number of piperazine rings is 1. The highest BCUT2D eigenvalue weighted by Gasteiger charge is 2.25. The number of hydrogen-bond donors (Lipinski definition) is 1. The Morgan fingerprint density at radius 3 is 2.42 bits per heavy atom. The van der Waals surface area contributed by atoms with E-state index in [0.717, 1.165) is 53.8 Å². The van der Waals surface area contributed by atoms with Crippen molar-refractivity contribution < 1.29 is 0 Å². The first-order valence-electron chi connectivity index (χ1n) is 6.62. The van der Waals surface area contributed by atoms with Crippen LogP contribution in [0.5, 0.6) is 0 Å². The van der Waals surface area contributed by atoms with Gasteiger partial charge in [-0.1, -0.05) is 34.8 Å². The van der Waals surface area contributed by atoms with Crippen LogP contribution in [0.2, 0.25) is 10.0 Å². The second-order valence-corrected chi connectivity index (χ2v) is 5.91. The van der Waals surface area contributed by atoms with Gasteiger partial charge in [-0.2, -0.15) is 0 Å². The van der Waals surface area contributed by atoms with Gasteiger partial charge in [0.2, 0.25) is 0 Å². The first-order chi connectivity index (χ1) is 9.09. The Labute approximate surface area is 125 Å². The molecular formula is C15H20Cl2N2. The van der Waals surface area contributed by atoms with Crippen molar-refractivity contribution in [3.63, 3.8) is 0 Å². The van der Waals surface area contributed by atoms with Crippen LogP contribution in [-0.2, 0) is 0 Å². The summed E-state index contributed by atoms with van der Waals surface area (Å²) in [6.07, 6.45) is 0.892. The van der Waals surface area contributed by atoms with Crippen LogP contribution < -0.4 is 5.32 Å². The van der Waals surface area contributed by atoms with Gasteiger partial charge in [0, 0.05) is 47.8 Å². The molecule has 0 radical (unpaired) electrons. The summed E-state index contributed by atoms with van der Waals surface area (Å²) in [6, 6.07) is 5.94. The van der Waals surface area contributed by atoms with Gasteiger partial charge in [0.25, 0.3) is 0 Å². The first kappa shape index (κ1) is 14.9. The Hall–Kier alpha value is -0.540. The van der Waals surface area contributed by atoms with E-state index < -0.39 is 0 Å². The number of rotatable bonds is 4. The Morgan fingerprint density at radius 1 is 1.32 bits per heavy atom. The quantitative estimate of drug-likeness (QED) is 0.848. The minimum absolute atomic E-state index is 0.223. The molecule has 1 aliphatic rings. The molecule has 1 saturated heterocycles. The molecule has 19 heavy (non-hydrogen) atoms. The molecule has 0 unspecified atom stereocenters. The molecule has 0 bridgehead atoms. The highest BCUT2D eigenvalue weighted by molar-refractivity contribution is 6.36. The van der Waals surface area contributed by atoms with E-state index in [2.05, 4.69) is 23.7 Å². The van der Waals surface area contributed by atoms with Crippen LogP contribution in [0.25, 0.3) is 0 Å². The number of halogens is 2. The van der Waals surface area contributed by atoms with Crippen LogP contribution >= 0.6 is 23.2 Å². The molecule has 1 aliphatic heterocycles. The van der Waals surface area contributed by atoms with Gasteiger partial charge >= 0.3 is 0 Å². The fourth-order valence-corrected chi connectivity index (χ4v) is 3.22. The van der Waals surface area contributed by atoms with E-state index in [1.54, 1.807) is 0 Å². The third-order valence-electron chi connectivity index (χ3n) is 3.47. The molecule has 2 rings (SSSR count). The lowest BCUT2D eigenvalue weighted by atomic mass is 9.97. The minimum Gasteiger partial charge on any atom is -0.314 e. The molecule has 1 N–H and O–H groups in total. The van der Waals surface area contributed by atoms with E-state index in [0.29, 0.717) is 0 Å². The summed E-state index contributed by atoms with van der Waals surface area (Å²) < 4.78 is 0. The molecule has 0 amide bonds. The van der Waals surface area contributed by atoms with Crippen LogP contribution in [0.4, 0.5) is 0 Å². The zero-order valence-electron chi connectivity index (χ0n) is 11.3. The molecule has 0 aliphatic carbocycles. The lowest BCUT2D eigenvalue weighted by Gasteiger charge is -2.36. The van der Waals surface area contributed by atoms with Gasteiger partial charge in [-0.05, 0) is 25.5 Å². The summed E-state index contributed by atoms with van der Waals surface area (Å²) in [4.78, 5) is 2.44. The topological polar surface area (TPSA) is 15.3 Å². The summed E-state index contributed by atoms with van der Waals surface area (Å²) in [5.41, 5.74) is 2.19. The van der Waals surface area contributed by atoms with Gasteiger partial charge in [-0.3, -0.25) is 4.90 Å². The second-order valence-electron chi connectivity index (χ2n) is 5.10. The zero-order chi connectivity index (χ0) is 13.8. The van der Waals surface area contributed by atoms with Gasteiger partial charge in [-0.15, -0.1) is 6.58 Å². The predicted octanol–water partition coefficient (Wildman–Crippen LogP) is 3.91. The maximum atomic E-state index is 6.37. The van der Waals surface area contributed by atoms with Gasteiger partial charge in [0.15, 0.2) is 0 Å². The van der Waals surface area contributed by atoms with Crippen molar-refractivity contribution in [3.8, 4) is 0 Å². The summed E-state index contributed by atoms with van der Waals surface area (Å²) >= 11 is 12.7. The molecule has 0 aromatic heterocycles. The smallest absolute Gasteiger partial charge is 0.0468 e. The maximum absolute atomic E-state index is 6.37. The third-order valence-corrected chi connectivity index (χ3v) is 4.13. The van der Waals surface area contributed by atoms with Gasteiger partial charge in [0.05, 0.1) is 0 Å². The van der Waals surface area contributed by atoms with Crippen LogP contribution in [-0.4, -0.2) is 31.1 Å². The minimum atomic E-state index is 0.223. The SMILES string of the molecule is C=C(C)C[C@H](c1c(Cl)cccc1Cl)N1CCNCC1. The highest BCUT2D eigenvalue weighted by Crippen LogP contribution is 2.37. The number of nitrogens with one attached hydrogen (secondary N) is 1. The van der Waals surface area contributed by atoms with E-state index in [1.807, 2.05) is 18.2 Å². The van der Waals surface area contributed by atoms with Crippen LogP contribution in [0.1, 0.15) is 24.9 Å². The van der Waals surface area contributed by atoms with Gasteiger partial charge in [-0.25, -0.2) is 0 Å². The van der Waals surface area contributed by atoms with Crippen molar-refractivity contribution >= 4 is 23.2 Å². The van der Waals surface area contributed by atoms with E-state index >= 15 is 0 Å². The summed E-state index contributed by atoms with van der Waals surface area (Å²) in [5.74, 6) is 0. The lowest BCUT2D eigenvalue weighted by Crippen LogP contribution is -2.45. The summed E-state index contributed by atoms with van der Waals surface area (Å²) in [5, 5.41) is 4.87. The molecule has 104 valence electrons. The summed E-state index contributed by atoms with van der Waals surface area (Å²) in [7, 11) is 0. The highest BCUT2D eigenvalue weighted by atomic mass is 35.5. The van der Waals surface area contributed by atoms with Crippen LogP contribution in [0.3, 0.4) is 0 Å². The standard InChI is InChI=1S/C15H20Cl2N2/c1-11(2)10-14(19-8-6-18-7-9-19)15-12(16)4-3-5-13(15)17/h3-5,14,18H,1,6-10H2,2H3/t14-/m1/s1.